The molecule has 0 saturated heterocycles. The fraction of sp³-hybridized carbons (Fsp3) is 0.150. The molecule has 0 aliphatic carbocycles. The summed E-state index contributed by atoms with van der Waals surface area (Å²) < 4.78 is 0. The van der Waals surface area contributed by atoms with Gasteiger partial charge in [-0.05, 0) is 37.1 Å². The predicted molar refractivity (Wildman–Crippen MR) is 99.8 cm³/mol. The van der Waals surface area contributed by atoms with E-state index in [1.807, 2.05) is 55.5 Å². The lowest BCUT2D eigenvalue weighted by Crippen LogP contribution is -2.16. The molecule has 3 aromatic rings. The van der Waals surface area contributed by atoms with Gasteiger partial charge in [-0.1, -0.05) is 48.5 Å². The molecule has 2 N–H and O–H groups in total. The summed E-state index contributed by atoms with van der Waals surface area (Å²) in [6, 6.07) is 21.2. The maximum Gasteiger partial charge on any atom is 0.274 e. The summed E-state index contributed by atoms with van der Waals surface area (Å²) in [5.74, 6) is 0.219. The number of hydrogen-bond donors (Lipinski definition) is 2. The Morgan fingerprint density at radius 1 is 0.960 bits per heavy atom. The van der Waals surface area contributed by atoms with Gasteiger partial charge in [0.15, 0.2) is 0 Å². The highest BCUT2D eigenvalue weighted by molar-refractivity contribution is 6.03. The van der Waals surface area contributed by atoms with Gasteiger partial charge < -0.3 is 10.6 Å². The number of carbonyl (C=O) groups is 1. The van der Waals surface area contributed by atoms with Gasteiger partial charge in [0.25, 0.3) is 5.91 Å². The van der Waals surface area contributed by atoms with Gasteiger partial charge in [0.05, 0.1) is 0 Å². The molecule has 1 heterocycles. The van der Waals surface area contributed by atoms with Gasteiger partial charge in [-0.2, -0.15) is 0 Å². The van der Waals surface area contributed by atoms with E-state index in [-0.39, 0.29) is 5.91 Å². The summed E-state index contributed by atoms with van der Waals surface area (Å²) in [6.45, 7) is 2.55. The molecule has 5 nitrogen and oxygen atoms in total. The number of carbonyl (C=O) groups excluding carboxylic acids is 1. The summed E-state index contributed by atoms with van der Waals surface area (Å²) in [4.78, 5) is 21.1. The Labute approximate surface area is 147 Å². The topological polar surface area (TPSA) is 66.9 Å². The number of para-hydroxylation sites is 1. The molecule has 0 aliphatic heterocycles. The van der Waals surface area contributed by atoms with Crippen LogP contribution in [0.15, 0.2) is 66.7 Å². The van der Waals surface area contributed by atoms with Crippen molar-refractivity contribution in [3.05, 3.63) is 83.7 Å². The van der Waals surface area contributed by atoms with E-state index in [0.717, 1.165) is 17.8 Å². The van der Waals surface area contributed by atoms with E-state index < -0.39 is 0 Å². The van der Waals surface area contributed by atoms with E-state index in [0.29, 0.717) is 18.2 Å². The summed E-state index contributed by atoms with van der Waals surface area (Å²) in [6.07, 6.45) is 0.865. The second-order valence-electron chi connectivity index (χ2n) is 5.70. The van der Waals surface area contributed by atoms with Crippen LogP contribution in [-0.4, -0.2) is 22.4 Å². The number of aryl methyl sites for hydroxylation is 1. The Kier molecular flexibility index (Phi) is 5.36. The monoisotopic (exact) mass is 332 g/mol. The molecule has 0 atom stereocenters. The van der Waals surface area contributed by atoms with E-state index in [2.05, 4.69) is 32.7 Å². The van der Waals surface area contributed by atoms with Crippen LogP contribution in [0.5, 0.6) is 0 Å². The number of amides is 1. The predicted octanol–water partition coefficient (Wildman–Crippen LogP) is 3.69. The van der Waals surface area contributed by atoms with Crippen molar-refractivity contribution in [3.8, 4) is 0 Å². The second-order valence-corrected chi connectivity index (χ2v) is 5.70. The average molecular weight is 332 g/mol. The van der Waals surface area contributed by atoms with Crippen LogP contribution in [0.25, 0.3) is 0 Å². The number of hydrogen-bond acceptors (Lipinski definition) is 4. The molecule has 1 aromatic heterocycles. The van der Waals surface area contributed by atoms with Crippen molar-refractivity contribution in [1.29, 1.82) is 0 Å². The molecule has 0 unspecified atom stereocenters. The summed E-state index contributed by atoms with van der Waals surface area (Å²) in [7, 11) is 0. The van der Waals surface area contributed by atoms with Crippen LogP contribution in [0.3, 0.4) is 0 Å². The fourth-order valence-electron chi connectivity index (χ4n) is 2.44. The Bertz CT molecular complexity index is 835. The number of aromatic nitrogens is 2. The molecule has 1 amide bonds. The molecule has 2 aromatic carbocycles. The molecule has 0 fully saturated rings. The zero-order valence-corrected chi connectivity index (χ0v) is 14.1. The van der Waals surface area contributed by atoms with Gasteiger partial charge in [-0.3, -0.25) is 4.79 Å². The highest BCUT2D eigenvalue weighted by Crippen LogP contribution is 2.10. The average Bonchev–Trinajstić information content (AvgIpc) is 2.63. The summed E-state index contributed by atoms with van der Waals surface area (Å²) in [5.41, 5.74) is 3.07. The van der Waals surface area contributed by atoms with Crippen molar-refractivity contribution in [1.82, 2.24) is 9.97 Å². The first-order valence-corrected chi connectivity index (χ1v) is 8.20. The largest absolute Gasteiger partial charge is 0.354 e. The van der Waals surface area contributed by atoms with Crippen LogP contribution in [0.2, 0.25) is 0 Å². The van der Waals surface area contributed by atoms with E-state index >= 15 is 0 Å². The normalized spacial score (nSPS) is 10.3. The molecule has 3 rings (SSSR count). The van der Waals surface area contributed by atoms with Gasteiger partial charge in [0.1, 0.15) is 5.69 Å². The molecule has 0 bridgehead atoms. The second kappa shape index (κ2) is 8.06. The van der Waals surface area contributed by atoms with Gasteiger partial charge in [-0.15, -0.1) is 0 Å². The lowest BCUT2D eigenvalue weighted by molar-refractivity contribution is 0.102. The zero-order chi connectivity index (χ0) is 17.5. The summed E-state index contributed by atoms with van der Waals surface area (Å²) in [5, 5.41) is 6.03. The third kappa shape index (κ3) is 4.88. The van der Waals surface area contributed by atoms with E-state index in [9.17, 15) is 4.79 Å². The molecule has 0 aliphatic rings. The third-order valence-corrected chi connectivity index (χ3v) is 3.66. The quantitative estimate of drug-likeness (QED) is 0.722. The van der Waals surface area contributed by atoms with E-state index in [1.54, 1.807) is 6.07 Å². The molecule has 0 radical (unpaired) electrons. The van der Waals surface area contributed by atoms with Crippen LogP contribution in [0.1, 0.15) is 21.7 Å². The number of nitrogens with one attached hydrogen (secondary N) is 2. The molecule has 0 saturated carbocycles. The minimum atomic E-state index is -0.247. The highest BCUT2D eigenvalue weighted by atomic mass is 16.1. The van der Waals surface area contributed by atoms with Gasteiger partial charge in [0.2, 0.25) is 5.95 Å². The minimum absolute atomic E-state index is 0.247. The van der Waals surface area contributed by atoms with Crippen molar-refractivity contribution < 1.29 is 4.79 Å². The molecule has 5 heteroatoms. The number of benzene rings is 2. The fourth-order valence-corrected chi connectivity index (χ4v) is 2.44. The third-order valence-electron chi connectivity index (χ3n) is 3.66. The molecule has 126 valence electrons. The van der Waals surface area contributed by atoms with E-state index in [4.69, 9.17) is 0 Å². The maximum absolute atomic E-state index is 12.4. The van der Waals surface area contributed by atoms with Crippen molar-refractivity contribution in [2.45, 2.75) is 13.3 Å². The van der Waals surface area contributed by atoms with Crippen LogP contribution >= 0.6 is 0 Å². The number of nitrogens with zero attached hydrogens (tertiary/aromatic N) is 2. The van der Waals surface area contributed by atoms with E-state index in [1.165, 1.54) is 5.56 Å². The van der Waals surface area contributed by atoms with Crippen molar-refractivity contribution in [2.75, 3.05) is 17.2 Å². The lowest BCUT2D eigenvalue weighted by Gasteiger charge is -2.09. The van der Waals surface area contributed by atoms with Crippen molar-refractivity contribution >= 4 is 17.5 Å². The first-order chi connectivity index (χ1) is 12.2. The van der Waals surface area contributed by atoms with Crippen molar-refractivity contribution in [2.24, 2.45) is 0 Å². The van der Waals surface area contributed by atoms with Crippen molar-refractivity contribution in [3.63, 3.8) is 0 Å². The SMILES string of the molecule is Cc1cc(C(=O)Nc2ccccc2)nc(NCCc2ccccc2)n1. The van der Waals surface area contributed by atoms with Crippen LogP contribution < -0.4 is 10.6 Å². The van der Waals surface area contributed by atoms with Crippen LogP contribution in [0.4, 0.5) is 11.6 Å². The zero-order valence-electron chi connectivity index (χ0n) is 14.1. The first-order valence-electron chi connectivity index (χ1n) is 8.20. The van der Waals surface area contributed by atoms with Gasteiger partial charge in [-0.25, -0.2) is 9.97 Å². The Morgan fingerprint density at radius 3 is 2.36 bits per heavy atom. The smallest absolute Gasteiger partial charge is 0.274 e. The first kappa shape index (κ1) is 16.6. The van der Waals surface area contributed by atoms with Gasteiger partial charge >= 0.3 is 0 Å². The van der Waals surface area contributed by atoms with Crippen LogP contribution in [-0.2, 0) is 6.42 Å². The molecule has 0 spiro atoms. The van der Waals surface area contributed by atoms with Gasteiger partial charge in [0, 0.05) is 17.9 Å². The minimum Gasteiger partial charge on any atom is -0.354 e. The summed E-state index contributed by atoms with van der Waals surface area (Å²) >= 11 is 0. The van der Waals surface area contributed by atoms with Crippen LogP contribution in [0, 0.1) is 6.92 Å². The Balaban J connectivity index is 1.64. The molecular formula is C20H20N4O. The lowest BCUT2D eigenvalue weighted by atomic mass is 10.1. The maximum atomic E-state index is 12.4. The molecule has 25 heavy (non-hydrogen) atoms. The number of rotatable bonds is 6. The highest BCUT2D eigenvalue weighted by Gasteiger charge is 2.10. The Hall–Kier alpha value is -3.21. The standard InChI is InChI=1S/C20H20N4O/c1-15-14-18(19(25)23-17-10-6-3-7-11-17)24-20(22-15)21-13-12-16-8-4-2-5-9-16/h2-11,14H,12-13H2,1H3,(H,23,25)(H,21,22,24). The number of anilines is 2. The Morgan fingerprint density at radius 2 is 1.64 bits per heavy atom. The molecular weight excluding hydrogens is 312 g/mol.